The quantitative estimate of drug-likeness (QED) is 0.634. The molecule has 0 unspecified atom stereocenters. The lowest BCUT2D eigenvalue weighted by atomic mass is 10.2. The Bertz CT molecular complexity index is 483. The zero-order valence-corrected chi connectivity index (χ0v) is 11.9. The molecule has 1 aromatic heterocycles. The molecular weight excluding hydrogens is 307 g/mol. The van der Waals surface area contributed by atoms with Crippen LogP contribution in [0, 0.1) is 0 Å². The first-order valence-electron chi connectivity index (χ1n) is 6.16. The molecule has 21 heavy (non-hydrogen) atoms. The van der Waals surface area contributed by atoms with Gasteiger partial charge in [0, 0.05) is 18.9 Å². The van der Waals surface area contributed by atoms with Gasteiger partial charge in [0.1, 0.15) is 11.5 Å². The number of primary amides is 1. The van der Waals surface area contributed by atoms with Crippen molar-refractivity contribution in [3.63, 3.8) is 0 Å². The zero-order valence-electron chi connectivity index (χ0n) is 11.1. The van der Waals surface area contributed by atoms with E-state index in [2.05, 4.69) is 10.3 Å². The van der Waals surface area contributed by atoms with E-state index in [0.29, 0.717) is 18.7 Å². The Labute approximate surface area is 124 Å². The van der Waals surface area contributed by atoms with Gasteiger partial charge in [0.25, 0.3) is 5.91 Å². The number of carbonyl (C=O) groups is 1. The summed E-state index contributed by atoms with van der Waals surface area (Å²) in [6.07, 6.45) is -3.93. The molecule has 1 aromatic rings. The summed E-state index contributed by atoms with van der Waals surface area (Å²) in [6.45, 7) is 0.437. The second-order valence-corrected chi connectivity index (χ2v) is 5.30. The highest BCUT2D eigenvalue weighted by Crippen LogP contribution is 2.29. The van der Waals surface area contributed by atoms with Crippen molar-refractivity contribution < 1.29 is 23.1 Å². The average molecular weight is 323 g/mol. The van der Waals surface area contributed by atoms with Gasteiger partial charge < -0.3 is 16.2 Å². The smallest absolute Gasteiger partial charge is 0.396 e. The second-order valence-electron chi connectivity index (χ2n) is 4.07. The number of alkyl halides is 3. The minimum absolute atomic E-state index is 0.0802. The molecule has 0 aromatic carbocycles. The monoisotopic (exact) mass is 323 g/mol. The molecule has 0 bridgehead atoms. The number of nitrogens with two attached hydrogens (primary N) is 1. The number of aliphatic hydroxyl groups excluding tert-OH is 1. The number of anilines is 1. The maximum Gasteiger partial charge on any atom is 0.433 e. The van der Waals surface area contributed by atoms with E-state index in [4.69, 9.17) is 10.8 Å². The minimum Gasteiger partial charge on any atom is -0.396 e. The Morgan fingerprint density at radius 2 is 2.10 bits per heavy atom. The van der Waals surface area contributed by atoms with Crippen LogP contribution >= 0.6 is 11.8 Å². The minimum atomic E-state index is -4.58. The summed E-state index contributed by atoms with van der Waals surface area (Å²) in [5.41, 5.74) is 3.95. The Balaban J connectivity index is 2.71. The first-order chi connectivity index (χ1) is 9.86. The SMILES string of the molecule is NC(=O)c1ccc(C(F)(F)F)nc1NCCSCCCO. The van der Waals surface area contributed by atoms with Gasteiger partial charge in [-0.1, -0.05) is 0 Å². The van der Waals surface area contributed by atoms with Crippen molar-refractivity contribution in [3.05, 3.63) is 23.4 Å². The van der Waals surface area contributed by atoms with Gasteiger partial charge >= 0.3 is 6.18 Å². The number of rotatable bonds is 8. The largest absolute Gasteiger partial charge is 0.433 e. The second kappa shape index (κ2) is 8.08. The number of nitrogens with zero attached hydrogens (tertiary/aromatic N) is 1. The number of aliphatic hydroxyl groups is 1. The lowest BCUT2D eigenvalue weighted by molar-refractivity contribution is -0.141. The number of pyridine rings is 1. The molecule has 0 fully saturated rings. The van der Waals surface area contributed by atoms with Gasteiger partial charge in [-0.25, -0.2) is 4.98 Å². The molecular formula is C12H16F3N3O2S. The van der Waals surface area contributed by atoms with Gasteiger partial charge in [0.05, 0.1) is 5.56 Å². The van der Waals surface area contributed by atoms with Crippen LogP contribution < -0.4 is 11.1 Å². The molecule has 0 aliphatic carbocycles. The molecule has 0 radical (unpaired) electrons. The first-order valence-corrected chi connectivity index (χ1v) is 7.32. The Morgan fingerprint density at radius 3 is 2.67 bits per heavy atom. The van der Waals surface area contributed by atoms with Gasteiger partial charge in [-0.3, -0.25) is 4.79 Å². The van der Waals surface area contributed by atoms with Gasteiger partial charge in [-0.2, -0.15) is 24.9 Å². The third-order valence-corrected chi connectivity index (χ3v) is 3.51. The molecule has 9 heteroatoms. The van der Waals surface area contributed by atoms with Crippen LogP contribution in [0.15, 0.2) is 12.1 Å². The van der Waals surface area contributed by atoms with Crippen molar-refractivity contribution >= 4 is 23.5 Å². The summed E-state index contributed by atoms with van der Waals surface area (Å²) in [6, 6.07) is 1.74. The molecule has 0 spiro atoms. The topological polar surface area (TPSA) is 88.2 Å². The van der Waals surface area contributed by atoms with E-state index in [-0.39, 0.29) is 18.0 Å². The highest BCUT2D eigenvalue weighted by Gasteiger charge is 2.33. The average Bonchev–Trinajstić information content (AvgIpc) is 2.41. The summed E-state index contributed by atoms with van der Waals surface area (Å²) in [4.78, 5) is 14.6. The van der Waals surface area contributed by atoms with Crippen LogP contribution in [0.25, 0.3) is 0 Å². The third kappa shape index (κ3) is 5.80. The van der Waals surface area contributed by atoms with Crippen LogP contribution in [0.1, 0.15) is 22.5 Å². The molecule has 118 valence electrons. The summed E-state index contributed by atoms with van der Waals surface area (Å²) in [5, 5.41) is 11.3. The van der Waals surface area contributed by atoms with Crippen molar-refractivity contribution in [1.29, 1.82) is 0 Å². The Kier molecular flexibility index (Phi) is 6.76. The summed E-state index contributed by atoms with van der Waals surface area (Å²) in [5.74, 6) is 0.347. The zero-order chi connectivity index (χ0) is 15.9. The van der Waals surface area contributed by atoms with Crippen LogP contribution in [-0.4, -0.2) is 40.7 Å². The van der Waals surface area contributed by atoms with Crippen LogP contribution in [0.3, 0.4) is 0 Å². The fourth-order valence-corrected chi connectivity index (χ4v) is 2.24. The van der Waals surface area contributed by atoms with Gasteiger partial charge in [-0.05, 0) is 24.3 Å². The van der Waals surface area contributed by atoms with Crippen LogP contribution in [0.2, 0.25) is 0 Å². The molecule has 0 aliphatic heterocycles. The van der Waals surface area contributed by atoms with Gasteiger partial charge in [0.2, 0.25) is 0 Å². The first kappa shape index (κ1) is 17.6. The molecule has 1 heterocycles. The third-order valence-electron chi connectivity index (χ3n) is 2.44. The molecule has 1 rings (SSSR count). The lowest BCUT2D eigenvalue weighted by Gasteiger charge is -2.12. The number of nitrogens with one attached hydrogen (secondary N) is 1. The van der Waals surface area contributed by atoms with E-state index >= 15 is 0 Å². The van der Waals surface area contributed by atoms with Crippen molar-refractivity contribution in [2.24, 2.45) is 5.73 Å². The number of aromatic nitrogens is 1. The van der Waals surface area contributed by atoms with E-state index in [1.54, 1.807) is 0 Å². The fourth-order valence-electron chi connectivity index (χ4n) is 1.46. The van der Waals surface area contributed by atoms with Crippen molar-refractivity contribution in [1.82, 2.24) is 4.98 Å². The molecule has 0 atom stereocenters. The highest BCUT2D eigenvalue weighted by atomic mass is 32.2. The van der Waals surface area contributed by atoms with Gasteiger partial charge in [0.15, 0.2) is 0 Å². The van der Waals surface area contributed by atoms with E-state index in [0.717, 1.165) is 17.9 Å². The number of hydrogen-bond acceptors (Lipinski definition) is 5. The van der Waals surface area contributed by atoms with Crippen LogP contribution in [0.5, 0.6) is 0 Å². The maximum absolute atomic E-state index is 12.6. The van der Waals surface area contributed by atoms with Crippen molar-refractivity contribution in [3.8, 4) is 0 Å². The molecule has 0 saturated heterocycles. The number of hydrogen-bond donors (Lipinski definition) is 3. The Hall–Kier alpha value is -1.48. The molecule has 0 saturated carbocycles. The Morgan fingerprint density at radius 1 is 1.38 bits per heavy atom. The predicted molar refractivity (Wildman–Crippen MR) is 75.3 cm³/mol. The lowest BCUT2D eigenvalue weighted by Crippen LogP contribution is -2.19. The number of carbonyl (C=O) groups excluding carboxylic acids is 1. The van der Waals surface area contributed by atoms with Crippen molar-refractivity contribution in [2.45, 2.75) is 12.6 Å². The standard InChI is InChI=1S/C12H16F3N3O2S/c13-12(14,15)9-3-2-8(10(16)20)11(18-9)17-4-7-21-6-1-5-19/h2-3,19H,1,4-7H2,(H2,16,20)(H,17,18). The summed E-state index contributed by atoms with van der Waals surface area (Å²) < 4.78 is 37.8. The molecule has 4 N–H and O–H groups in total. The molecule has 0 aliphatic rings. The fraction of sp³-hybridized carbons (Fsp3) is 0.500. The van der Waals surface area contributed by atoms with Gasteiger partial charge in [-0.15, -0.1) is 0 Å². The molecule has 1 amide bonds. The van der Waals surface area contributed by atoms with E-state index in [1.165, 1.54) is 11.8 Å². The maximum atomic E-state index is 12.6. The van der Waals surface area contributed by atoms with Crippen molar-refractivity contribution in [2.75, 3.05) is 30.0 Å². The van der Waals surface area contributed by atoms with E-state index < -0.39 is 17.8 Å². The van der Waals surface area contributed by atoms with Crippen LogP contribution in [-0.2, 0) is 6.18 Å². The number of amides is 1. The highest BCUT2D eigenvalue weighted by molar-refractivity contribution is 7.99. The summed E-state index contributed by atoms with van der Waals surface area (Å²) in [7, 11) is 0. The normalized spacial score (nSPS) is 11.4. The summed E-state index contributed by atoms with van der Waals surface area (Å²) >= 11 is 1.53. The molecule has 5 nitrogen and oxygen atoms in total. The number of halogens is 3. The predicted octanol–water partition coefficient (Wildman–Crippen LogP) is 1.73. The van der Waals surface area contributed by atoms with E-state index in [1.807, 2.05) is 0 Å². The number of thioether (sulfide) groups is 1. The van der Waals surface area contributed by atoms with E-state index in [9.17, 15) is 18.0 Å². The van der Waals surface area contributed by atoms with Crippen LogP contribution in [0.4, 0.5) is 19.0 Å².